The van der Waals surface area contributed by atoms with E-state index >= 15 is 0 Å². The number of para-hydroxylation sites is 1. The van der Waals surface area contributed by atoms with E-state index in [9.17, 15) is 0 Å². The van der Waals surface area contributed by atoms with Crippen LogP contribution in [-0.4, -0.2) is 9.97 Å². The van der Waals surface area contributed by atoms with Crippen LogP contribution in [-0.2, 0) is 20.1 Å². The van der Waals surface area contributed by atoms with Gasteiger partial charge in [0.15, 0.2) is 0 Å². The molecule has 0 saturated carbocycles. The zero-order valence-corrected chi connectivity index (χ0v) is 24.6. The summed E-state index contributed by atoms with van der Waals surface area (Å²) < 4.78 is 6.11. The van der Waals surface area contributed by atoms with Gasteiger partial charge in [-0.05, 0) is 47.6 Å². The Labute approximate surface area is 247 Å². The van der Waals surface area contributed by atoms with Crippen LogP contribution in [0.5, 0.6) is 0 Å². The molecule has 0 amide bonds. The van der Waals surface area contributed by atoms with Crippen molar-refractivity contribution in [1.82, 2.24) is 9.97 Å². The predicted molar refractivity (Wildman–Crippen MR) is 159 cm³/mol. The van der Waals surface area contributed by atoms with E-state index in [-0.39, 0.29) is 20.1 Å². The van der Waals surface area contributed by atoms with E-state index in [0.717, 1.165) is 50.0 Å². The summed E-state index contributed by atoms with van der Waals surface area (Å²) in [5.41, 5.74) is 10.3. The summed E-state index contributed by atoms with van der Waals surface area (Å²) in [6.07, 6.45) is 3.67. The summed E-state index contributed by atoms with van der Waals surface area (Å²) >= 11 is 0. The average Bonchev–Trinajstić information content (AvgIpc) is 3.37. The molecule has 3 aromatic heterocycles. The molecule has 4 heteroatoms. The van der Waals surface area contributed by atoms with E-state index in [4.69, 9.17) is 4.42 Å². The Morgan fingerprint density at radius 2 is 1.32 bits per heavy atom. The van der Waals surface area contributed by atoms with Crippen molar-refractivity contribution < 1.29 is 24.5 Å². The third-order valence-corrected chi connectivity index (χ3v) is 6.61. The normalized spacial score (nSPS) is 10.6. The van der Waals surface area contributed by atoms with E-state index in [1.807, 2.05) is 85.2 Å². The van der Waals surface area contributed by atoms with Gasteiger partial charge in [0.2, 0.25) is 0 Å². The third-order valence-electron chi connectivity index (χ3n) is 6.61. The largest absolute Gasteiger partial charge is 0.501 e. The summed E-state index contributed by atoms with van der Waals surface area (Å²) in [5.74, 6) is 0. The molecule has 7 aromatic rings. The predicted octanol–water partition coefficient (Wildman–Crippen LogP) is 9.28. The van der Waals surface area contributed by atoms with Gasteiger partial charge in [-0.2, -0.15) is 0 Å². The Balaban J connectivity index is 0.000000184. The summed E-state index contributed by atoms with van der Waals surface area (Å²) in [4.78, 5) is 8.88. The molecule has 0 saturated heterocycles. The van der Waals surface area contributed by atoms with Crippen LogP contribution < -0.4 is 0 Å². The Kier molecular flexibility index (Phi) is 8.31. The van der Waals surface area contributed by atoms with Crippen LogP contribution in [0.25, 0.3) is 55.6 Å². The van der Waals surface area contributed by atoms with E-state index in [1.54, 1.807) is 0 Å². The molecular formula is C36H26IrN2O-2. The molecule has 0 unspecified atom stereocenters. The molecule has 0 aliphatic carbocycles. The van der Waals surface area contributed by atoms with Crippen molar-refractivity contribution in [2.75, 3.05) is 0 Å². The molecule has 40 heavy (non-hydrogen) atoms. The number of rotatable bonds is 3. The summed E-state index contributed by atoms with van der Waals surface area (Å²) in [6, 6.07) is 43.2. The van der Waals surface area contributed by atoms with Crippen LogP contribution in [0.15, 0.2) is 126 Å². The Hall–Kier alpha value is -4.37. The molecular weight excluding hydrogens is 669 g/mol. The van der Waals surface area contributed by atoms with Crippen molar-refractivity contribution in [1.29, 1.82) is 0 Å². The number of hydrogen-bond donors (Lipinski definition) is 0. The first kappa shape index (κ1) is 27.2. The quantitative estimate of drug-likeness (QED) is 0.173. The smallest absolute Gasteiger partial charge is 0.120 e. The molecule has 0 aliphatic rings. The maximum atomic E-state index is 6.11. The van der Waals surface area contributed by atoms with Gasteiger partial charge < -0.3 is 14.4 Å². The minimum Gasteiger partial charge on any atom is -0.501 e. The Morgan fingerprint density at radius 3 is 2.15 bits per heavy atom. The minimum absolute atomic E-state index is 0. The molecule has 3 nitrogen and oxygen atoms in total. The summed E-state index contributed by atoms with van der Waals surface area (Å²) in [5, 5.41) is 2.21. The van der Waals surface area contributed by atoms with E-state index in [2.05, 4.69) is 72.3 Å². The fourth-order valence-corrected chi connectivity index (χ4v) is 4.67. The zero-order chi connectivity index (χ0) is 26.6. The number of pyridine rings is 2. The number of aromatic nitrogens is 2. The van der Waals surface area contributed by atoms with E-state index in [1.165, 1.54) is 16.7 Å². The SMILES string of the molecule is Cc1cc[c-]c(-c2cc(C)ccn2)c1.[Ir].[c-]1ccc2c(oc3ccccc32)c1-c1cc(-c2ccccc2)ccn1. The first-order chi connectivity index (χ1) is 19.2. The molecule has 1 radical (unpaired) electrons. The number of hydrogen-bond acceptors (Lipinski definition) is 3. The number of benzene rings is 4. The summed E-state index contributed by atoms with van der Waals surface area (Å²) in [6.45, 7) is 4.15. The fraction of sp³-hybridized carbons (Fsp3) is 0.0556. The molecule has 7 rings (SSSR count). The van der Waals surface area contributed by atoms with Crippen molar-refractivity contribution in [3.05, 3.63) is 145 Å². The Morgan fingerprint density at radius 1 is 0.600 bits per heavy atom. The maximum absolute atomic E-state index is 6.11. The average molecular weight is 695 g/mol. The Bertz CT molecular complexity index is 1850. The monoisotopic (exact) mass is 695 g/mol. The van der Waals surface area contributed by atoms with Gasteiger partial charge >= 0.3 is 0 Å². The van der Waals surface area contributed by atoms with Crippen LogP contribution in [0.4, 0.5) is 0 Å². The molecule has 4 aromatic carbocycles. The van der Waals surface area contributed by atoms with Gasteiger partial charge in [0.25, 0.3) is 0 Å². The van der Waals surface area contributed by atoms with Gasteiger partial charge in [-0.3, -0.25) is 0 Å². The van der Waals surface area contributed by atoms with Gasteiger partial charge in [-0.25, -0.2) is 0 Å². The molecule has 0 fully saturated rings. The van der Waals surface area contributed by atoms with Gasteiger partial charge in [0.05, 0.1) is 5.58 Å². The second-order valence-corrected chi connectivity index (χ2v) is 9.49. The van der Waals surface area contributed by atoms with Crippen LogP contribution in [0.1, 0.15) is 11.1 Å². The molecule has 0 aliphatic heterocycles. The first-order valence-electron chi connectivity index (χ1n) is 12.9. The minimum atomic E-state index is 0. The van der Waals surface area contributed by atoms with Gasteiger partial charge in [-0.15, -0.1) is 53.6 Å². The standard InChI is InChI=1S/C23H14NO.C13H12N.Ir/c1-2-7-16(8-3-1)17-13-14-24-21(15-17)20-11-6-10-19-18-9-4-5-12-22(18)25-23(19)20;1-10-4-3-5-12(8-10)13-9-11(2)6-7-14-13;/h1-10,12-15H;3-4,6-9H,1-2H3;/q2*-1;. The fourth-order valence-electron chi connectivity index (χ4n) is 4.67. The van der Waals surface area contributed by atoms with Crippen LogP contribution in [0.3, 0.4) is 0 Å². The molecule has 0 spiro atoms. The third kappa shape index (κ3) is 5.79. The van der Waals surface area contributed by atoms with Gasteiger partial charge in [0, 0.05) is 37.9 Å². The topological polar surface area (TPSA) is 38.9 Å². The van der Waals surface area contributed by atoms with Gasteiger partial charge in [0.1, 0.15) is 5.58 Å². The molecule has 0 bridgehead atoms. The van der Waals surface area contributed by atoms with Crippen molar-refractivity contribution in [2.45, 2.75) is 13.8 Å². The number of nitrogens with zero attached hydrogens (tertiary/aromatic N) is 2. The first-order valence-corrected chi connectivity index (χ1v) is 12.9. The zero-order valence-electron chi connectivity index (χ0n) is 22.2. The molecule has 0 N–H and O–H groups in total. The number of aryl methyl sites for hydroxylation is 2. The molecule has 0 atom stereocenters. The molecule has 3 heterocycles. The van der Waals surface area contributed by atoms with Gasteiger partial charge in [-0.1, -0.05) is 84.1 Å². The van der Waals surface area contributed by atoms with Crippen LogP contribution in [0.2, 0.25) is 0 Å². The van der Waals surface area contributed by atoms with E-state index < -0.39 is 0 Å². The number of fused-ring (bicyclic) bond motifs is 3. The van der Waals surface area contributed by atoms with Crippen molar-refractivity contribution in [2.24, 2.45) is 0 Å². The van der Waals surface area contributed by atoms with Crippen molar-refractivity contribution in [3.8, 4) is 33.6 Å². The van der Waals surface area contributed by atoms with Crippen molar-refractivity contribution in [3.63, 3.8) is 0 Å². The second kappa shape index (κ2) is 12.2. The van der Waals surface area contributed by atoms with E-state index in [0.29, 0.717) is 0 Å². The van der Waals surface area contributed by atoms with Crippen molar-refractivity contribution >= 4 is 21.9 Å². The maximum Gasteiger partial charge on any atom is 0.120 e. The van der Waals surface area contributed by atoms with Crippen LogP contribution in [0, 0.1) is 26.0 Å². The molecule has 197 valence electrons. The van der Waals surface area contributed by atoms with Crippen LogP contribution >= 0.6 is 0 Å². The second-order valence-electron chi connectivity index (χ2n) is 9.49. The summed E-state index contributed by atoms with van der Waals surface area (Å²) in [7, 11) is 0. The number of furan rings is 1.